The number of carboxylic acids is 1. The largest absolute Gasteiger partial charge is 0.497 e. The molecule has 66 heavy (non-hydrogen) atoms. The van der Waals surface area contributed by atoms with E-state index in [4.69, 9.17) is 19.4 Å². The third kappa shape index (κ3) is 10.6. The number of carbonyl (C=O) groups excluding carboxylic acids is 3. The number of thiazole rings is 1. The molecule has 3 aromatic rings. The summed E-state index contributed by atoms with van der Waals surface area (Å²) in [6.07, 6.45) is 5.58. The van der Waals surface area contributed by atoms with Crippen molar-refractivity contribution >= 4 is 61.4 Å². The number of nitrogens with one attached hydrogen (secondary N) is 4. The number of aromatic nitrogens is 2. The predicted octanol–water partition coefficient (Wildman–Crippen LogP) is 5.23. The number of benzene rings is 1. The molecule has 2 aliphatic heterocycles. The number of methoxy groups -OCH3 is 1. The second-order valence-electron chi connectivity index (χ2n) is 19.5. The number of likely N-dealkylation sites (tertiary alicyclic amines) is 1. The lowest BCUT2D eigenvalue weighted by atomic mass is 9.83. The third-order valence-corrected chi connectivity index (χ3v) is 16.1. The first-order chi connectivity index (χ1) is 31.2. The van der Waals surface area contributed by atoms with Gasteiger partial charge in [-0.3, -0.25) is 9.59 Å². The van der Waals surface area contributed by atoms with Crippen LogP contribution in [-0.4, -0.2) is 137 Å². The number of carbonyl (C=O) groups is 4. The number of aliphatic carboxylic acids is 1. The van der Waals surface area contributed by atoms with Crippen LogP contribution in [0.5, 0.6) is 11.5 Å². The standard InChI is InChI=1S/C46H65N9O9S2/c1-9-29-23-46(29,42(58)59)52-40(56)36-21-31(64-37-22-34(35-26-65-44(49-35)47-27(2)3)48-33-20-30(63-8)16-17-32(33)37)24-55(36)41(57)39(28-14-11-10-12-15-28)51-43(60)50-38(45(4,5)6)25-54-19-13-18-53(7)66(54,61)62/h9,16-17,20,22,26-29,31,36,38-39H,1,10-15,18-19,21,23-25H2,2-8H3,(H,47,49)(H,52,56)(H,58,59)(H2,50,51,60)/t29?,31-,36+,38-,39+,46-/m1/s1. The normalized spacial score (nSPS) is 24.6. The van der Waals surface area contributed by atoms with Crippen molar-refractivity contribution in [1.29, 1.82) is 0 Å². The molecule has 2 saturated carbocycles. The highest BCUT2D eigenvalue weighted by molar-refractivity contribution is 7.86. The van der Waals surface area contributed by atoms with Crippen LogP contribution in [-0.2, 0) is 24.6 Å². The van der Waals surface area contributed by atoms with Crippen LogP contribution >= 0.6 is 11.3 Å². The van der Waals surface area contributed by atoms with E-state index in [0.29, 0.717) is 66.1 Å². The number of amides is 4. The van der Waals surface area contributed by atoms with Gasteiger partial charge >= 0.3 is 12.0 Å². The summed E-state index contributed by atoms with van der Waals surface area (Å²) in [4.78, 5) is 67.6. The van der Waals surface area contributed by atoms with E-state index in [1.165, 1.54) is 38.0 Å². The fourth-order valence-corrected chi connectivity index (χ4v) is 11.6. The van der Waals surface area contributed by atoms with E-state index in [0.717, 1.165) is 24.4 Å². The zero-order valence-electron chi connectivity index (χ0n) is 39.0. The SMILES string of the molecule is C=CC1C[C@]1(NC(=O)[C@@H]1C[C@@H](Oc2cc(-c3csc(NC(C)C)n3)nc3cc(OC)ccc23)CN1C(=O)[C@@H](NC(=O)N[C@H](CN1CCCN(C)S1(=O)=O)C(C)(C)C)C1CCCCC1)C(=O)O. The Morgan fingerprint density at radius 2 is 1.79 bits per heavy atom. The van der Waals surface area contributed by atoms with Gasteiger partial charge in [-0.2, -0.15) is 17.0 Å². The Balaban J connectivity index is 1.20. The number of hydrogen-bond acceptors (Lipinski definition) is 12. The molecule has 2 aliphatic carbocycles. The fraction of sp³-hybridized carbons (Fsp3) is 0.609. The van der Waals surface area contributed by atoms with Gasteiger partial charge in [0.15, 0.2) is 5.13 Å². The number of pyridine rings is 1. The monoisotopic (exact) mass is 951 g/mol. The highest BCUT2D eigenvalue weighted by Gasteiger charge is 2.61. The molecule has 2 aromatic heterocycles. The first-order valence-electron chi connectivity index (χ1n) is 22.9. The lowest BCUT2D eigenvalue weighted by Gasteiger charge is -2.39. The molecule has 4 heterocycles. The lowest BCUT2D eigenvalue weighted by molar-refractivity contribution is -0.146. The van der Waals surface area contributed by atoms with E-state index in [2.05, 4.69) is 27.8 Å². The Bertz CT molecular complexity index is 2420. The molecular formula is C46H65N9O9S2. The zero-order valence-corrected chi connectivity index (χ0v) is 40.6. The molecule has 4 fully saturated rings. The van der Waals surface area contributed by atoms with Crippen molar-refractivity contribution in [3.8, 4) is 22.9 Å². The summed E-state index contributed by atoms with van der Waals surface area (Å²) in [6, 6.07) is 3.90. The van der Waals surface area contributed by atoms with Crippen LogP contribution in [0.25, 0.3) is 22.3 Å². The molecule has 6 atom stereocenters. The number of rotatable bonds is 16. The summed E-state index contributed by atoms with van der Waals surface area (Å²) in [5.41, 5.74) is -0.392. The highest BCUT2D eigenvalue weighted by Crippen LogP contribution is 2.45. The number of hydrogen-bond donors (Lipinski definition) is 5. The van der Waals surface area contributed by atoms with Crippen molar-refractivity contribution in [1.82, 2.24) is 39.4 Å². The summed E-state index contributed by atoms with van der Waals surface area (Å²) >= 11 is 1.45. The van der Waals surface area contributed by atoms with Gasteiger partial charge in [-0.1, -0.05) is 46.1 Å². The molecule has 7 rings (SSSR count). The molecule has 1 unspecified atom stereocenters. The Morgan fingerprint density at radius 3 is 2.44 bits per heavy atom. The summed E-state index contributed by atoms with van der Waals surface area (Å²) in [7, 11) is -0.620. The average Bonchev–Trinajstić information content (AvgIpc) is 3.53. The molecule has 18 nitrogen and oxygen atoms in total. The lowest BCUT2D eigenvalue weighted by Crippen LogP contribution is -2.61. The minimum Gasteiger partial charge on any atom is -0.497 e. The molecule has 20 heteroatoms. The Hall–Kier alpha value is -5.05. The summed E-state index contributed by atoms with van der Waals surface area (Å²) in [5.74, 6) is -2.07. The number of fused-ring (bicyclic) bond motifs is 1. The Morgan fingerprint density at radius 1 is 1.05 bits per heavy atom. The zero-order chi connectivity index (χ0) is 47.7. The first kappa shape index (κ1) is 48.9. The molecule has 0 bridgehead atoms. The van der Waals surface area contributed by atoms with Gasteiger partial charge in [0.25, 0.3) is 10.2 Å². The van der Waals surface area contributed by atoms with Crippen molar-refractivity contribution in [2.75, 3.05) is 45.7 Å². The quantitative estimate of drug-likeness (QED) is 0.117. The van der Waals surface area contributed by atoms with Gasteiger partial charge in [0.1, 0.15) is 40.9 Å². The average molecular weight is 952 g/mol. The molecule has 4 aliphatic rings. The molecule has 4 amide bonds. The van der Waals surface area contributed by atoms with Crippen LogP contribution in [0.4, 0.5) is 9.93 Å². The fourth-order valence-electron chi connectivity index (χ4n) is 9.30. The van der Waals surface area contributed by atoms with Gasteiger partial charge in [-0.25, -0.2) is 19.6 Å². The van der Waals surface area contributed by atoms with E-state index in [-0.39, 0.29) is 37.9 Å². The topological polar surface area (TPSA) is 225 Å². The number of carboxylic acid groups (broad SMARTS) is 1. The van der Waals surface area contributed by atoms with Crippen LogP contribution in [0.3, 0.4) is 0 Å². The van der Waals surface area contributed by atoms with Gasteiger partial charge < -0.3 is 40.7 Å². The maximum absolute atomic E-state index is 15.2. The first-order valence-corrected chi connectivity index (χ1v) is 25.2. The maximum atomic E-state index is 15.2. The van der Waals surface area contributed by atoms with Crippen LogP contribution < -0.4 is 30.7 Å². The predicted molar refractivity (Wildman–Crippen MR) is 253 cm³/mol. The minimum absolute atomic E-state index is 0.0227. The number of nitrogens with zero attached hydrogens (tertiary/aromatic N) is 5. The smallest absolute Gasteiger partial charge is 0.330 e. The molecule has 360 valence electrons. The molecule has 0 radical (unpaired) electrons. The summed E-state index contributed by atoms with van der Waals surface area (Å²) in [6.45, 7) is 14.3. The number of urea groups is 1. The van der Waals surface area contributed by atoms with Gasteiger partial charge in [-0.05, 0) is 63.0 Å². The van der Waals surface area contributed by atoms with E-state index < -0.39 is 75.1 Å². The molecular weight excluding hydrogens is 887 g/mol. The molecule has 0 spiro atoms. The number of anilines is 1. The van der Waals surface area contributed by atoms with Gasteiger partial charge in [0.05, 0.1) is 24.9 Å². The van der Waals surface area contributed by atoms with Crippen LogP contribution in [0.15, 0.2) is 42.3 Å². The molecule has 5 N–H and O–H groups in total. The van der Waals surface area contributed by atoms with Crippen LogP contribution in [0.2, 0.25) is 0 Å². The molecule has 1 aromatic carbocycles. The van der Waals surface area contributed by atoms with E-state index in [9.17, 15) is 27.9 Å². The van der Waals surface area contributed by atoms with E-state index in [1.807, 2.05) is 46.1 Å². The van der Waals surface area contributed by atoms with E-state index in [1.54, 1.807) is 25.3 Å². The van der Waals surface area contributed by atoms with Crippen molar-refractivity contribution in [3.63, 3.8) is 0 Å². The Labute approximate surface area is 391 Å². The second kappa shape index (κ2) is 19.7. The van der Waals surface area contributed by atoms with Gasteiger partial charge in [0.2, 0.25) is 11.8 Å². The third-order valence-electron chi connectivity index (χ3n) is 13.3. The molecule has 2 saturated heterocycles. The van der Waals surface area contributed by atoms with Crippen LogP contribution in [0, 0.1) is 17.3 Å². The van der Waals surface area contributed by atoms with Crippen molar-refractivity contribution < 1.29 is 42.2 Å². The summed E-state index contributed by atoms with van der Waals surface area (Å²) < 4.78 is 41.5. The van der Waals surface area contributed by atoms with E-state index >= 15 is 4.79 Å². The van der Waals surface area contributed by atoms with Gasteiger partial charge in [-0.15, -0.1) is 17.9 Å². The second-order valence-corrected chi connectivity index (χ2v) is 22.4. The maximum Gasteiger partial charge on any atom is 0.330 e. The summed E-state index contributed by atoms with van der Waals surface area (Å²) in [5, 5.41) is 25.7. The van der Waals surface area contributed by atoms with Crippen molar-refractivity contribution in [2.45, 2.75) is 122 Å². The number of ether oxygens (including phenoxy) is 2. The van der Waals surface area contributed by atoms with Gasteiger partial charge in [0, 0.05) is 74.0 Å². The Kier molecular flexibility index (Phi) is 14.6. The van der Waals surface area contributed by atoms with Crippen molar-refractivity contribution in [3.05, 3.63) is 42.3 Å². The van der Waals surface area contributed by atoms with Crippen molar-refractivity contribution in [2.24, 2.45) is 17.3 Å². The highest BCUT2D eigenvalue weighted by atomic mass is 32.2. The van der Waals surface area contributed by atoms with Crippen LogP contribution in [0.1, 0.15) is 86.0 Å². The minimum atomic E-state index is -3.73.